The zero-order chi connectivity index (χ0) is 13.1. The summed E-state index contributed by atoms with van der Waals surface area (Å²) in [7, 11) is 1.66. The molecule has 0 saturated heterocycles. The van der Waals surface area contributed by atoms with Crippen LogP contribution in [0, 0.1) is 11.6 Å². The van der Waals surface area contributed by atoms with E-state index in [1.54, 1.807) is 7.05 Å². The largest absolute Gasteiger partial charge is 0.357 e. The summed E-state index contributed by atoms with van der Waals surface area (Å²) < 4.78 is 27.1. The number of hydrogen-bond acceptors (Lipinski definition) is 4. The van der Waals surface area contributed by atoms with E-state index in [-0.39, 0.29) is 5.69 Å². The van der Waals surface area contributed by atoms with Crippen LogP contribution >= 0.6 is 15.9 Å². The highest BCUT2D eigenvalue weighted by Crippen LogP contribution is 2.26. The van der Waals surface area contributed by atoms with Gasteiger partial charge in [0, 0.05) is 13.2 Å². The molecule has 1 aromatic carbocycles. The molecule has 94 valence electrons. The smallest absolute Gasteiger partial charge is 0.224 e. The first-order valence-corrected chi connectivity index (χ1v) is 5.82. The van der Waals surface area contributed by atoms with Crippen LogP contribution in [0.1, 0.15) is 0 Å². The van der Waals surface area contributed by atoms with E-state index in [0.29, 0.717) is 16.2 Å². The van der Waals surface area contributed by atoms with Gasteiger partial charge in [-0.25, -0.2) is 13.8 Å². The lowest BCUT2D eigenvalue weighted by Crippen LogP contribution is -2.03. The zero-order valence-corrected chi connectivity index (χ0v) is 10.9. The van der Waals surface area contributed by atoms with Crippen molar-refractivity contribution in [3.63, 3.8) is 0 Å². The molecule has 18 heavy (non-hydrogen) atoms. The van der Waals surface area contributed by atoms with E-state index in [0.717, 1.165) is 6.07 Å². The van der Waals surface area contributed by atoms with E-state index in [1.165, 1.54) is 18.3 Å². The van der Waals surface area contributed by atoms with Gasteiger partial charge in [0.25, 0.3) is 0 Å². The molecule has 0 bridgehead atoms. The average molecular weight is 315 g/mol. The second kappa shape index (κ2) is 5.26. The second-order valence-electron chi connectivity index (χ2n) is 3.37. The van der Waals surface area contributed by atoms with Gasteiger partial charge in [-0.05, 0) is 28.1 Å². The van der Waals surface area contributed by atoms with Crippen LogP contribution in [-0.4, -0.2) is 17.0 Å². The Bertz CT molecular complexity index is 577. The molecule has 2 rings (SSSR count). The Balaban J connectivity index is 2.36. The van der Waals surface area contributed by atoms with Crippen molar-refractivity contribution in [3.8, 4) is 0 Å². The molecular weight excluding hydrogens is 306 g/mol. The fourth-order valence-electron chi connectivity index (χ4n) is 1.30. The molecule has 1 aromatic heterocycles. The van der Waals surface area contributed by atoms with Crippen molar-refractivity contribution in [1.29, 1.82) is 0 Å². The maximum atomic E-state index is 13.5. The topological polar surface area (TPSA) is 49.8 Å². The average Bonchev–Trinajstić information content (AvgIpc) is 2.37. The maximum absolute atomic E-state index is 13.5. The van der Waals surface area contributed by atoms with Gasteiger partial charge < -0.3 is 10.6 Å². The van der Waals surface area contributed by atoms with E-state index in [2.05, 4.69) is 36.5 Å². The highest BCUT2D eigenvalue weighted by molar-refractivity contribution is 9.10. The standard InChI is InChI=1S/C11H9BrF2N4/c1-15-11-16-5-6(12)10(18-11)17-8-4-2-3-7(13)9(8)14/h2-5H,1H3,(H2,15,16,17,18). The fourth-order valence-corrected chi connectivity index (χ4v) is 1.59. The summed E-state index contributed by atoms with van der Waals surface area (Å²) in [4.78, 5) is 8.05. The van der Waals surface area contributed by atoms with Crippen LogP contribution in [0.4, 0.5) is 26.2 Å². The molecular formula is C11H9BrF2N4. The lowest BCUT2D eigenvalue weighted by molar-refractivity contribution is 0.511. The van der Waals surface area contributed by atoms with Crippen molar-refractivity contribution in [3.05, 3.63) is 40.5 Å². The molecule has 0 unspecified atom stereocenters. The number of aromatic nitrogens is 2. The van der Waals surface area contributed by atoms with Crippen molar-refractivity contribution >= 4 is 33.4 Å². The highest BCUT2D eigenvalue weighted by atomic mass is 79.9. The number of benzene rings is 1. The van der Waals surface area contributed by atoms with Crippen molar-refractivity contribution in [2.75, 3.05) is 17.7 Å². The van der Waals surface area contributed by atoms with E-state index in [9.17, 15) is 8.78 Å². The summed E-state index contributed by atoms with van der Waals surface area (Å²) in [6, 6.07) is 3.88. The fraction of sp³-hybridized carbons (Fsp3) is 0.0909. The van der Waals surface area contributed by atoms with E-state index in [4.69, 9.17) is 0 Å². The Kier molecular flexibility index (Phi) is 3.71. The van der Waals surface area contributed by atoms with Crippen LogP contribution in [0.25, 0.3) is 0 Å². The molecule has 0 radical (unpaired) electrons. The van der Waals surface area contributed by atoms with E-state index >= 15 is 0 Å². The van der Waals surface area contributed by atoms with Crippen LogP contribution in [0.5, 0.6) is 0 Å². The monoisotopic (exact) mass is 314 g/mol. The summed E-state index contributed by atoms with van der Waals surface area (Å²) in [6.45, 7) is 0. The third kappa shape index (κ3) is 2.56. The van der Waals surface area contributed by atoms with Crippen molar-refractivity contribution < 1.29 is 8.78 Å². The molecule has 2 aromatic rings. The predicted octanol–water partition coefficient (Wildman–Crippen LogP) is 3.30. The number of nitrogens with one attached hydrogen (secondary N) is 2. The van der Waals surface area contributed by atoms with Crippen LogP contribution in [0.15, 0.2) is 28.9 Å². The van der Waals surface area contributed by atoms with Gasteiger partial charge in [-0.15, -0.1) is 0 Å². The van der Waals surface area contributed by atoms with E-state index in [1.807, 2.05) is 0 Å². The second-order valence-corrected chi connectivity index (χ2v) is 4.22. The number of hydrogen-bond donors (Lipinski definition) is 2. The van der Waals surface area contributed by atoms with Gasteiger partial charge in [0.2, 0.25) is 5.95 Å². The summed E-state index contributed by atoms with van der Waals surface area (Å²) in [5.41, 5.74) is 0.0106. The first kappa shape index (κ1) is 12.7. The maximum Gasteiger partial charge on any atom is 0.224 e. The van der Waals surface area contributed by atoms with Crippen molar-refractivity contribution in [2.24, 2.45) is 0 Å². The predicted molar refractivity (Wildman–Crippen MR) is 68.9 cm³/mol. The van der Waals surface area contributed by atoms with Gasteiger partial charge in [0.15, 0.2) is 11.6 Å². The number of halogens is 3. The first-order valence-electron chi connectivity index (χ1n) is 5.03. The van der Waals surface area contributed by atoms with Crippen LogP contribution in [0.3, 0.4) is 0 Å². The van der Waals surface area contributed by atoms with Gasteiger partial charge in [-0.3, -0.25) is 0 Å². The normalized spacial score (nSPS) is 10.2. The molecule has 0 saturated carbocycles. The molecule has 0 aliphatic carbocycles. The summed E-state index contributed by atoms with van der Waals surface area (Å²) in [5.74, 6) is -1.15. The SMILES string of the molecule is CNc1ncc(Br)c(Nc2cccc(F)c2F)n1. The number of anilines is 3. The molecule has 0 spiro atoms. The summed E-state index contributed by atoms with van der Waals surface area (Å²) in [5, 5.41) is 5.46. The third-order valence-electron chi connectivity index (χ3n) is 2.17. The number of rotatable bonds is 3. The number of nitrogens with zero attached hydrogens (tertiary/aromatic N) is 2. The molecule has 0 fully saturated rings. The summed E-state index contributed by atoms with van der Waals surface area (Å²) >= 11 is 3.23. The minimum atomic E-state index is -0.950. The first-order chi connectivity index (χ1) is 8.61. The Morgan fingerprint density at radius 3 is 2.78 bits per heavy atom. The Hall–Kier alpha value is -1.76. The lowest BCUT2D eigenvalue weighted by atomic mass is 10.3. The molecule has 0 aliphatic heterocycles. The Morgan fingerprint density at radius 2 is 2.06 bits per heavy atom. The van der Waals surface area contributed by atoms with Crippen LogP contribution in [0.2, 0.25) is 0 Å². The Morgan fingerprint density at radius 1 is 1.28 bits per heavy atom. The van der Waals surface area contributed by atoms with E-state index < -0.39 is 11.6 Å². The molecule has 1 heterocycles. The Labute approximate surface area is 111 Å². The third-order valence-corrected chi connectivity index (χ3v) is 2.75. The molecule has 7 heteroatoms. The van der Waals surface area contributed by atoms with Crippen molar-refractivity contribution in [2.45, 2.75) is 0 Å². The molecule has 0 amide bonds. The minimum Gasteiger partial charge on any atom is -0.357 e. The quantitative estimate of drug-likeness (QED) is 0.912. The lowest BCUT2D eigenvalue weighted by Gasteiger charge is -2.09. The van der Waals surface area contributed by atoms with Crippen LogP contribution < -0.4 is 10.6 Å². The zero-order valence-electron chi connectivity index (χ0n) is 9.34. The van der Waals surface area contributed by atoms with Gasteiger partial charge in [-0.1, -0.05) is 6.07 Å². The van der Waals surface area contributed by atoms with Gasteiger partial charge in [0.05, 0.1) is 10.2 Å². The molecule has 0 aliphatic rings. The van der Waals surface area contributed by atoms with Gasteiger partial charge in [0.1, 0.15) is 5.82 Å². The molecule has 4 nitrogen and oxygen atoms in total. The highest BCUT2D eigenvalue weighted by Gasteiger charge is 2.10. The van der Waals surface area contributed by atoms with Gasteiger partial charge >= 0.3 is 0 Å². The van der Waals surface area contributed by atoms with Gasteiger partial charge in [-0.2, -0.15) is 4.98 Å². The molecule has 2 N–H and O–H groups in total. The van der Waals surface area contributed by atoms with Crippen molar-refractivity contribution in [1.82, 2.24) is 9.97 Å². The summed E-state index contributed by atoms with van der Waals surface area (Å²) in [6.07, 6.45) is 1.51. The van der Waals surface area contributed by atoms with Crippen LogP contribution in [-0.2, 0) is 0 Å². The molecule has 0 atom stereocenters. The minimum absolute atomic E-state index is 0.0106.